The molecule has 0 radical (unpaired) electrons. The molecule has 7 heterocycles. The average molecular weight is 1390 g/mol. The number of nitrogens with zero attached hydrogens (tertiary/aromatic N) is 6. The number of nitro groups is 2. The number of aromatic nitrogens is 8. The molecule has 0 saturated heterocycles. The molecule has 0 spiro atoms. The molecule has 0 saturated carbocycles. The third-order valence-corrected chi connectivity index (χ3v) is 20.7. The summed E-state index contributed by atoms with van der Waals surface area (Å²) in [5.74, 6) is 1.06. The van der Waals surface area contributed by atoms with Crippen molar-refractivity contribution >= 4 is 33.4 Å². The number of nitro benzene ring substituents is 2. The van der Waals surface area contributed by atoms with E-state index in [1.165, 1.54) is 24.3 Å². The quantitative estimate of drug-likeness (QED) is 0.0850. The van der Waals surface area contributed by atoms with Gasteiger partial charge in [-0.1, -0.05) is 239 Å². The fraction of sp³-hybridized carbons (Fsp3) is 0.356. The van der Waals surface area contributed by atoms with Crippen LogP contribution in [0.4, 0.5) is 11.4 Å². The predicted octanol–water partition coefficient (Wildman–Crippen LogP) is 24.6. The molecule has 13 rings (SSSR count). The third-order valence-electron chi connectivity index (χ3n) is 20.7. The first kappa shape index (κ1) is 72.0. The molecule has 104 heavy (non-hydrogen) atoms. The molecule has 14 nitrogen and oxygen atoms in total. The smallest absolute Gasteiger partial charge is 0.269 e. The van der Waals surface area contributed by atoms with E-state index in [-0.39, 0.29) is 64.5 Å². The number of aromatic amines is 4. The van der Waals surface area contributed by atoms with Crippen molar-refractivity contribution in [2.75, 3.05) is 0 Å². The number of fused-ring (bicyclic) bond motifs is 14. The topological polar surface area (TPSA) is 201 Å². The molecule has 0 aliphatic carbocycles. The number of nitrogens with one attached hydrogen (secondary N) is 4. The normalized spacial score (nSPS) is 13.2. The summed E-state index contributed by atoms with van der Waals surface area (Å²) in [6.45, 7) is 54.3. The van der Waals surface area contributed by atoms with Crippen LogP contribution in [-0.2, 0) is 43.3 Å². The van der Waals surface area contributed by atoms with Gasteiger partial charge < -0.3 is 19.9 Å². The molecule has 14 heteroatoms. The highest BCUT2D eigenvalue weighted by molar-refractivity contribution is 6.07. The summed E-state index contributed by atoms with van der Waals surface area (Å²) in [5.41, 5.74) is 23.5. The predicted molar refractivity (Wildman–Crippen MR) is 430 cm³/mol. The van der Waals surface area contributed by atoms with E-state index in [0.717, 1.165) is 111 Å². The maximum Gasteiger partial charge on any atom is 0.269 e. The number of non-ortho nitro benzene ring substituents is 2. The third kappa shape index (κ3) is 13.6. The van der Waals surface area contributed by atoms with Crippen LogP contribution in [0.15, 0.2) is 146 Å². The number of H-pyrrole nitrogens is 4. The van der Waals surface area contributed by atoms with Crippen LogP contribution in [0.2, 0.25) is 0 Å². The fourth-order valence-corrected chi connectivity index (χ4v) is 13.9. The SMILES string of the molecule is CC(C)(C)c1cc(-c2c3nc(c(-c4cc(C(C)(C)C)cc(C(C)(C)C)c4)c4ccc([nH]4)c(-c4cc(C(C)(C)C)cc(C(C)(C)C)c4)c4nc(c(-c5cc(C(C)(C)C)cc(C(C)(C)C)c5)c5ccc2[nH]5)-c2[nH]c(-c5ccc([N+](=O)[O-])cc5)nc2-4)-c2[nH]c(-c4ccc([N+](=O)[O-])cc4)nc2-3)cc(C(C)(C)C)c1. The van der Waals surface area contributed by atoms with Gasteiger partial charge >= 0.3 is 0 Å². The zero-order valence-corrected chi connectivity index (χ0v) is 65.2. The Balaban J connectivity index is 1.35. The van der Waals surface area contributed by atoms with Crippen LogP contribution < -0.4 is 0 Å². The van der Waals surface area contributed by atoms with Crippen molar-refractivity contribution < 1.29 is 9.85 Å². The lowest BCUT2D eigenvalue weighted by Crippen LogP contribution is -2.16. The van der Waals surface area contributed by atoms with Crippen LogP contribution in [0.5, 0.6) is 0 Å². The highest BCUT2D eigenvalue weighted by atomic mass is 16.6. The number of hydrogen-bond acceptors (Lipinski definition) is 8. The van der Waals surface area contributed by atoms with Crippen LogP contribution in [0.3, 0.4) is 0 Å². The fourth-order valence-electron chi connectivity index (χ4n) is 13.9. The first-order chi connectivity index (χ1) is 48.2. The Kier molecular flexibility index (Phi) is 17.1. The number of rotatable bonds is 8. The van der Waals surface area contributed by atoms with E-state index in [0.29, 0.717) is 68.3 Å². The zero-order valence-electron chi connectivity index (χ0n) is 65.2. The molecular weight excluding hydrogens is 1290 g/mol. The number of benzene rings is 6. The van der Waals surface area contributed by atoms with Gasteiger partial charge in [-0.25, -0.2) is 19.9 Å². The van der Waals surface area contributed by atoms with Crippen molar-refractivity contribution in [3.05, 3.63) is 210 Å². The molecule has 6 aromatic carbocycles. The Hall–Kier alpha value is -10.3. The first-order valence-electron chi connectivity index (χ1n) is 36.4. The van der Waals surface area contributed by atoms with Gasteiger partial charge in [-0.05, 0) is 159 Å². The van der Waals surface area contributed by atoms with E-state index in [2.05, 4.69) is 283 Å². The average Bonchev–Trinajstić information content (AvgIpc) is 1.56. The molecular formula is C90H100N10O4. The maximum absolute atomic E-state index is 12.3. The molecule has 0 fully saturated rings. The van der Waals surface area contributed by atoms with Crippen molar-refractivity contribution in [3.63, 3.8) is 0 Å². The van der Waals surface area contributed by atoms with E-state index < -0.39 is 0 Å². The Morgan fingerprint density at radius 3 is 0.663 bits per heavy atom. The summed E-state index contributed by atoms with van der Waals surface area (Å²) >= 11 is 0. The molecule has 4 N–H and O–H groups in total. The van der Waals surface area contributed by atoms with Crippen molar-refractivity contribution in [2.24, 2.45) is 0 Å². The van der Waals surface area contributed by atoms with Gasteiger partial charge in [0, 0.05) is 79.7 Å². The summed E-state index contributed by atoms with van der Waals surface area (Å²) in [6, 6.07) is 49.8. The van der Waals surface area contributed by atoms with Crippen LogP contribution in [0, 0.1) is 20.2 Å². The van der Waals surface area contributed by atoms with Crippen LogP contribution in [0.25, 0.3) is 135 Å². The summed E-state index contributed by atoms with van der Waals surface area (Å²) < 4.78 is 0. The van der Waals surface area contributed by atoms with Crippen LogP contribution >= 0.6 is 0 Å². The Morgan fingerprint density at radius 1 is 0.250 bits per heavy atom. The van der Waals surface area contributed by atoms with E-state index in [9.17, 15) is 20.2 Å². The lowest BCUT2D eigenvalue weighted by atomic mass is 9.78. The maximum atomic E-state index is 12.3. The highest BCUT2D eigenvalue weighted by Gasteiger charge is 2.36. The van der Waals surface area contributed by atoms with Gasteiger partial charge in [-0.15, -0.1) is 0 Å². The lowest BCUT2D eigenvalue weighted by Gasteiger charge is -2.26. The summed E-state index contributed by atoms with van der Waals surface area (Å²) in [7, 11) is 0. The molecule has 2 aliphatic heterocycles. The lowest BCUT2D eigenvalue weighted by molar-refractivity contribution is -0.385. The second-order valence-corrected chi connectivity index (χ2v) is 37.1. The molecule has 0 atom stereocenters. The second kappa shape index (κ2) is 24.7. The number of imidazole rings is 2. The Bertz CT molecular complexity index is 4760. The first-order valence-corrected chi connectivity index (χ1v) is 36.4. The van der Waals surface area contributed by atoms with Crippen LogP contribution in [0.1, 0.15) is 211 Å². The van der Waals surface area contributed by atoms with Gasteiger partial charge in [0.2, 0.25) is 0 Å². The minimum atomic E-state index is -0.376. The number of hydrogen-bond donors (Lipinski definition) is 4. The standard InChI is InChI=1S/C90H100N10O4/c1-83(2,3)55-37-51(38-56(45-55)84(4,5)6)69-65-33-34-66(91-65)70(52-39-57(85(7,8)9)46-58(40-52)86(10,11)12)75-79-80(98-82(97-79)50-27-31-64(32-28-50)100(103)104)76(94-75)72(54-43-61(89(19,20)21)48-62(44-54)90(22,23)24)68-36-35-67(92-68)71(53-41-59(87(13,14)15)47-60(42-53)88(16,17)18)74-78-77(73(69)93-74)95-81(96-78)49-25-29-63(30-26-49)99(101)102/h25-48,91-92H,1-24H3,(H,95,96)(H,97,98). The minimum Gasteiger partial charge on any atom is -0.354 e. The molecule has 11 aromatic rings. The van der Waals surface area contributed by atoms with Crippen LogP contribution in [-0.4, -0.2) is 49.7 Å². The van der Waals surface area contributed by atoms with Gasteiger partial charge in [-0.3, -0.25) is 20.2 Å². The van der Waals surface area contributed by atoms with Crippen molar-refractivity contribution in [1.29, 1.82) is 0 Å². The molecule has 0 amide bonds. The van der Waals surface area contributed by atoms with Gasteiger partial charge in [0.25, 0.3) is 11.4 Å². The van der Waals surface area contributed by atoms with Gasteiger partial charge in [0.15, 0.2) is 0 Å². The van der Waals surface area contributed by atoms with E-state index in [1.807, 2.05) is 0 Å². The molecule has 2 aliphatic rings. The summed E-state index contributed by atoms with van der Waals surface area (Å²) in [5, 5.41) is 24.5. The molecule has 0 unspecified atom stereocenters. The van der Waals surface area contributed by atoms with Gasteiger partial charge in [-0.2, -0.15) is 0 Å². The molecule has 534 valence electrons. The van der Waals surface area contributed by atoms with Crippen molar-refractivity contribution in [2.45, 2.75) is 209 Å². The van der Waals surface area contributed by atoms with Crippen molar-refractivity contribution in [3.8, 4) is 113 Å². The second-order valence-electron chi connectivity index (χ2n) is 37.1. The van der Waals surface area contributed by atoms with Gasteiger partial charge in [0.1, 0.15) is 34.4 Å². The summed E-state index contributed by atoms with van der Waals surface area (Å²) in [6.07, 6.45) is 0. The monoisotopic (exact) mass is 1380 g/mol. The highest BCUT2D eigenvalue weighted by Crippen LogP contribution is 2.52. The molecule has 8 bridgehead atoms. The Morgan fingerprint density at radius 2 is 0.462 bits per heavy atom. The largest absolute Gasteiger partial charge is 0.354 e. The minimum absolute atomic E-state index is 0.0222. The summed E-state index contributed by atoms with van der Waals surface area (Å²) in [4.78, 5) is 63.4. The zero-order chi connectivity index (χ0) is 75.4. The van der Waals surface area contributed by atoms with Crippen molar-refractivity contribution in [1.82, 2.24) is 39.9 Å². The van der Waals surface area contributed by atoms with Gasteiger partial charge in [0.05, 0.1) is 32.6 Å². The van der Waals surface area contributed by atoms with E-state index in [4.69, 9.17) is 19.9 Å². The van der Waals surface area contributed by atoms with E-state index >= 15 is 0 Å². The molecule has 5 aromatic heterocycles. The Labute approximate surface area is 612 Å². The van der Waals surface area contributed by atoms with E-state index in [1.54, 1.807) is 24.3 Å².